The third kappa shape index (κ3) is 7.07. The first-order valence-corrected chi connectivity index (χ1v) is 3.89. The summed E-state index contributed by atoms with van der Waals surface area (Å²) >= 11 is 0. The van der Waals surface area contributed by atoms with Crippen LogP contribution in [-0.4, -0.2) is 11.2 Å². The minimum Gasteiger partial charge on any atom is -0.389 e. The van der Waals surface area contributed by atoms with E-state index in [0.717, 1.165) is 12.8 Å². The van der Waals surface area contributed by atoms with Crippen LogP contribution in [0.5, 0.6) is 0 Å². The van der Waals surface area contributed by atoms with Gasteiger partial charge < -0.3 is 5.11 Å². The van der Waals surface area contributed by atoms with E-state index in [1.54, 1.807) is 18.2 Å². The van der Waals surface area contributed by atoms with E-state index in [-0.39, 0.29) is 6.10 Å². The Morgan fingerprint density at radius 2 is 2.27 bits per heavy atom. The predicted molar refractivity (Wildman–Crippen MR) is 49.4 cm³/mol. The number of aliphatic hydroxyl groups is 1. The van der Waals surface area contributed by atoms with Gasteiger partial charge >= 0.3 is 0 Å². The maximum Gasteiger partial charge on any atom is 0.0726 e. The fourth-order valence-electron chi connectivity index (χ4n) is 0.737. The van der Waals surface area contributed by atoms with E-state index in [4.69, 9.17) is 0 Å². The van der Waals surface area contributed by atoms with Gasteiger partial charge in [-0.25, -0.2) is 0 Å². The van der Waals surface area contributed by atoms with Gasteiger partial charge in [0.05, 0.1) is 6.10 Å². The molecule has 11 heavy (non-hydrogen) atoms. The zero-order chi connectivity index (χ0) is 8.53. The summed E-state index contributed by atoms with van der Waals surface area (Å²) in [5.41, 5.74) is 0. The predicted octanol–water partition coefficient (Wildman–Crippen LogP) is 2.45. The highest BCUT2D eigenvalue weighted by molar-refractivity contribution is 5.00. The van der Waals surface area contributed by atoms with Crippen molar-refractivity contribution >= 4 is 0 Å². The largest absolute Gasteiger partial charge is 0.389 e. The van der Waals surface area contributed by atoms with Crippen molar-refractivity contribution in [2.75, 3.05) is 0 Å². The molecule has 0 spiro atoms. The number of allylic oxidation sites excluding steroid dienone is 4. The normalized spacial score (nSPS) is 14.4. The third-order valence-corrected chi connectivity index (χ3v) is 1.33. The van der Waals surface area contributed by atoms with Gasteiger partial charge in [0.2, 0.25) is 0 Å². The molecule has 0 aliphatic heterocycles. The summed E-state index contributed by atoms with van der Waals surface area (Å²) in [5.74, 6) is 0. The molecule has 1 heteroatoms. The van der Waals surface area contributed by atoms with E-state index >= 15 is 0 Å². The summed E-state index contributed by atoms with van der Waals surface area (Å²) in [6, 6.07) is 0. The first kappa shape index (κ1) is 10.2. The summed E-state index contributed by atoms with van der Waals surface area (Å²) in [5, 5.41) is 9.24. The summed E-state index contributed by atoms with van der Waals surface area (Å²) in [6.07, 6.45) is 10.6. The van der Waals surface area contributed by atoms with Crippen LogP contribution in [0.2, 0.25) is 0 Å². The van der Waals surface area contributed by atoms with Crippen LogP contribution in [-0.2, 0) is 0 Å². The monoisotopic (exact) mass is 152 g/mol. The van der Waals surface area contributed by atoms with Gasteiger partial charge in [0.25, 0.3) is 0 Å². The molecule has 0 aromatic carbocycles. The number of hydrogen-bond acceptors (Lipinski definition) is 1. The lowest BCUT2D eigenvalue weighted by Crippen LogP contribution is -1.99. The topological polar surface area (TPSA) is 20.2 Å². The van der Waals surface area contributed by atoms with Crippen LogP contribution in [0.25, 0.3) is 0 Å². The zero-order valence-corrected chi connectivity index (χ0v) is 7.03. The molecule has 0 aliphatic carbocycles. The Balaban J connectivity index is 3.43. The number of hydrogen-bond donors (Lipinski definition) is 1. The lowest BCUT2D eigenvalue weighted by Gasteiger charge is -2.00. The lowest BCUT2D eigenvalue weighted by molar-refractivity contribution is 0.214. The van der Waals surface area contributed by atoms with E-state index in [0.29, 0.717) is 0 Å². The van der Waals surface area contributed by atoms with Crippen LogP contribution in [0.3, 0.4) is 0 Å². The van der Waals surface area contributed by atoms with Crippen LogP contribution in [0.1, 0.15) is 19.8 Å². The van der Waals surface area contributed by atoms with E-state index in [9.17, 15) is 5.11 Å². The van der Waals surface area contributed by atoms with E-state index < -0.39 is 0 Å². The molecule has 0 aliphatic rings. The number of aliphatic hydroxyl groups excluding tert-OH is 1. The molecule has 0 radical (unpaired) electrons. The van der Waals surface area contributed by atoms with Crippen molar-refractivity contribution < 1.29 is 5.11 Å². The van der Waals surface area contributed by atoms with Crippen LogP contribution in [0.4, 0.5) is 0 Å². The van der Waals surface area contributed by atoms with Crippen molar-refractivity contribution in [1.29, 1.82) is 0 Å². The quantitative estimate of drug-likeness (QED) is 0.474. The van der Waals surface area contributed by atoms with Gasteiger partial charge in [-0.15, -0.1) is 0 Å². The van der Waals surface area contributed by atoms with Crippen LogP contribution in [0.15, 0.2) is 37.0 Å². The lowest BCUT2D eigenvalue weighted by atomic mass is 10.2. The summed E-state index contributed by atoms with van der Waals surface area (Å²) < 4.78 is 0. The molecule has 1 unspecified atom stereocenters. The minimum absolute atomic E-state index is 0.329. The van der Waals surface area contributed by atoms with Gasteiger partial charge in [0, 0.05) is 0 Å². The van der Waals surface area contributed by atoms with Crippen molar-refractivity contribution in [3.05, 3.63) is 37.0 Å². The molecule has 1 N–H and O–H groups in total. The van der Waals surface area contributed by atoms with Gasteiger partial charge in [-0.05, 0) is 19.8 Å². The molecule has 1 nitrogen and oxygen atoms in total. The second kappa shape index (κ2) is 7.29. The SMILES string of the molecule is C=C/C=C/C(O)CC/C=C/C. The molecule has 0 saturated carbocycles. The molecule has 1 atom stereocenters. The van der Waals surface area contributed by atoms with Crippen molar-refractivity contribution in [3.63, 3.8) is 0 Å². The van der Waals surface area contributed by atoms with Gasteiger partial charge in [-0.3, -0.25) is 0 Å². The zero-order valence-electron chi connectivity index (χ0n) is 7.03. The Morgan fingerprint density at radius 1 is 1.55 bits per heavy atom. The fraction of sp³-hybridized carbons (Fsp3) is 0.400. The van der Waals surface area contributed by atoms with Gasteiger partial charge in [-0.1, -0.05) is 37.0 Å². The van der Waals surface area contributed by atoms with E-state index in [1.165, 1.54) is 0 Å². The van der Waals surface area contributed by atoms with Gasteiger partial charge in [0.1, 0.15) is 0 Å². The summed E-state index contributed by atoms with van der Waals surface area (Å²) in [4.78, 5) is 0. The highest BCUT2D eigenvalue weighted by atomic mass is 16.3. The van der Waals surface area contributed by atoms with E-state index in [1.807, 2.05) is 19.1 Å². The Morgan fingerprint density at radius 3 is 2.82 bits per heavy atom. The summed E-state index contributed by atoms with van der Waals surface area (Å²) in [6.45, 7) is 5.50. The maximum absolute atomic E-state index is 9.24. The molecule has 0 fully saturated rings. The van der Waals surface area contributed by atoms with Crippen LogP contribution < -0.4 is 0 Å². The van der Waals surface area contributed by atoms with Crippen LogP contribution >= 0.6 is 0 Å². The second-order valence-corrected chi connectivity index (χ2v) is 2.33. The first-order valence-electron chi connectivity index (χ1n) is 3.89. The molecule has 0 heterocycles. The Labute approximate surface area is 68.7 Å². The molecule has 0 bridgehead atoms. The smallest absolute Gasteiger partial charge is 0.0726 e. The van der Waals surface area contributed by atoms with Crippen LogP contribution in [0, 0.1) is 0 Å². The fourth-order valence-corrected chi connectivity index (χ4v) is 0.737. The third-order valence-electron chi connectivity index (χ3n) is 1.33. The molecule has 0 amide bonds. The second-order valence-electron chi connectivity index (χ2n) is 2.33. The van der Waals surface area contributed by atoms with Crippen molar-refractivity contribution in [3.8, 4) is 0 Å². The standard InChI is InChI=1S/C10H16O/c1-3-5-7-9-10(11)8-6-4-2/h3-6,8,10-11H,2,7,9H2,1H3/b5-3+,8-6+. The van der Waals surface area contributed by atoms with E-state index in [2.05, 4.69) is 6.58 Å². The highest BCUT2D eigenvalue weighted by Crippen LogP contribution is 1.99. The van der Waals surface area contributed by atoms with Crippen molar-refractivity contribution in [2.24, 2.45) is 0 Å². The Bertz CT molecular complexity index is 145. The Hall–Kier alpha value is -0.820. The first-order chi connectivity index (χ1) is 5.31. The number of rotatable bonds is 5. The maximum atomic E-state index is 9.24. The molecule has 0 aromatic heterocycles. The average molecular weight is 152 g/mol. The molecule has 0 rings (SSSR count). The average Bonchev–Trinajstić information content (AvgIpc) is 2.01. The molecule has 62 valence electrons. The van der Waals surface area contributed by atoms with Crippen molar-refractivity contribution in [1.82, 2.24) is 0 Å². The van der Waals surface area contributed by atoms with Crippen molar-refractivity contribution in [2.45, 2.75) is 25.9 Å². The molecule has 0 aromatic rings. The van der Waals surface area contributed by atoms with Gasteiger partial charge in [0.15, 0.2) is 0 Å². The summed E-state index contributed by atoms with van der Waals surface area (Å²) in [7, 11) is 0. The highest BCUT2D eigenvalue weighted by Gasteiger charge is 1.94. The molecular formula is C10H16O. The van der Waals surface area contributed by atoms with Gasteiger partial charge in [-0.2, -0.15) is 0 Å². The Kier molecular flexibility index (Phi) is 6.75. The molecule has 0 saturated heterocycles. The minimum atomic E-state index is -0.329. The molecular weight excluding hydrogens is 136 g/mol.